The van der Waals surface area contributed by atoms with Gasteiger partial charge in [-0.05, 0) is 19.3 Å². The van der Waals surface area contributed by atoms with Gasteiger partial charge in [0.1, 0.15) is 6.04 Å². The van der Waals surface area contributed by atoms with Crippen LogP contribution >= 0.6 is 0 Å². The number of imide groups is 1. The Hall–Kier alpha value is -3.56. The van der Waals surface area contributed by atoms with Gasteiger partial charge in [0.05, 0.1) is 12.2 Å². The van der Waals surface area contributed by atoms with E-state index in [1.165, 1.54) is 18.0 Å². The Morgan fingerprint density at radius 2 is 2.17 bits per heavy atom. The van der Waals surface area contributed by atoms with Crippen molar-refractivity contribution in [1.29, 1.82) is 0 Å². The van der Waals surface area contributed by atoms with Gasteiger partial charge in [0.2, 0.25) is 23.5 Å². The number of carbonyl (C=O) groups excluding carboxylic acids is 4. The smallest absolute Gasteiger partial charge is 0.252 e. The predicted octanol–water partition coefficient (Wildman–Crippen LogP) is 0.581. The lowest BCUT2D eigenvalue weighted by molar-refractivity contribution is -0.143. The van der Waals surface area contributed by atoms with Crippen LogP contribution in [0.15, 0.2) is 35.0 Å². The molecule has 10 heteroatoms. The topological polar surface area (TPSA) is 126 Å². The van der Waals surface area contributed by atoms with Crippen LogP contribution in [0.25, 0.3) is 5.57 Å². The molecule has 0 bridgehead atoms. The van der Waals surface area contributed by atoms with Crippen molar-refractivity contribution in [1.82, 2.24) is 25.3 Å². The molecule has 1 aromatic rings. The van der Waals surface area contributed by atoms with Crippen LogP contribution in [0.5, 0.6) is 0 Å². The van der Waals surface area contributed by atoms with Crippen LogP contribution in [-0.4, -0.2) is 63.6 Å². The van der Waals surface area contributed by atoms with E-state index in [1.807, 2.05) is 0 Å². The number of nitrogens with one attached hydrogen (secondary N) is 1. The molecule has 3 rings (SSSR count). The number of allylic oxidation sites excluding steroid dienone is 3. The average Bonchev–Trinajstić information content (AvgIpc) is 3.20. The molecular weight excluding hydrogens is 390 g/mol. The number of hydrogen-bond acceptors (Lipinski definition) is 8. The van der Waals surface area contributed by atoms with Crippen LogP contribution in [0.4, 0.5) is 0 Å². The van der Waals surface area contributed by atoms with E-state index in [2.05, 4.69) is 28.6 Å². The normalized spacial score (nSPS) is 19.4. The summed E-state index contributed by atoms with van der Waals surface area (Å²) in [7, 11) is 1.50. The van der Waals surface area contributed by atoms with Gasteiger partial charge in [0.25, 0.3) is 5.91 Å². The Kier molecular flexibility index (Phi) is 6.24. The van der Waals surface area contributed by atoms with Crippen LogP contribution in [-0.2, 0) is 25.7 Å². The molecule has 1 fully saturated rings. The van der Waals surface area contributed by atoms with E-state index in [-0.39, 0.29) is 36.9 Å². The third-order valence-corrected chi connectivity index (χ3v) is 5.20. The molecule has 0 spiro atoms. The van der Waals surface area contributed by atoms with Crippen molar-refractivity contribution in [2.75, 3.05) is 13.6 Å². The molecule has 3 heterocycles. The molecule has 3 amide bonds. The fraction of sp³-hybridized carbons (Fsp3) is 0.400. The second-order valence-corrected chi connectivity index (χ2v) is 7.13. The Morgan fingerprint density at radius 3 is 2.83 bits per heavy atom. The number of carbonyl (C=O) groups is 4. The summed E-state index contributed by atoms with van der Waals surface area (Å²) in [5.41, 5.74) is 1.06. The minimum Gasteiger partial charge on any atom is -0.359 e. The number of hydrogen-bond donors (Lipinski definition) is 1. The van der Waals surface area contributed by atoms with Crippen molar-refractivity contribution in [3.05, 3.63) is 42.2 Å². The van der Waals surface area contributed by atoms with Gasteiger partial charge in [-0.1, -0.05) is 24.4 Å². The van der Waals surface area contributed by atoms with Crippen molar-refractivity contribution in [3.8, 4) is 0 Å². The van der Waals surface area contributed by atoms with Crippen molar-refractivity contribution in [2.24, 2.45) is 0 Å². The highest BCUT2D eigenvalue weighted by Gasteiger charge is 2.35. The van der Waals surface area contributed by atoms with Gasteiger partial charge in [-0.2, -0.15) is 4.98 Å². The Morgan fingerprint density at radius 1 is 1.40 bits per heavy atom. The zero-order chi connectivity index (χ0) is 21.8. The summed E-state index contributed by atoms with van der Waals surface area (Å²) in [5, 5.41) is 6.07. The summed E-state index contributed by atoms with van der Waals surface area (Å²) < 4.78 is 5.22. The lowest BCUT2D eigenvalue weighted by Crippen LogP contribution is -2.53. The van der Waals surface area contributed by atoms with E-state index in [0.29, 0.717) is 42.6 Å². The molecule has 0 saturated carbocycles. The van der Waals surface area contributed by atoms with Crippen molar-refractivity contribution in [2.45, 2.75) is 38.3 Å². The molecule has 10 nitrogen and oxygen atoms in total. The summed E-state index contributed by atoms with van der Waals surface area (Å²) >= 11 is 0. The van der Waals surface area contributed by atoms with Crippen LogP contribution in [0, 0.1) is 0 Å². The number of aldehydes is 1. The van der Waals surface area contributed by atoms with Crippen molar-refractivity contribution in [3.63, 3.8) is 0 Å². The van der Waals surface area contributed by atoms with E-state index in [4.69, 9.17) is 4.52 Å². The number of nitrogens with zero attached hydrogens (tertiary/aromatic N) is 4. The summed E-state index contributed by atoms with van der Waals surface area (Å²) in [4.78, 5) is 55.6. The van der Waals surface area contributed by atoms with E-state index < -0.39 is 17.9 Å². The van der Waals surface area contributed by atoms with Gasteiger partial charge < -0.3 is 14.3 Å². The largest absolute Gasteiger partial charge is 0.359 e. The second-order valence-electron chi connectivity index (χ2n) is 7.13. The molecule has 1 saturated heterocycles. The van der Waals surface area contributed by atoms with Gasteiger partial charge in [0.15, 0.2) is 6.29 Å². The quantitative estimate of drug-likeness (QED) is 0.391. The maximum Gasteiger partial charge on any atom is 0.252 e. The Bertz CT molecular complexity index is 947. The van der Waals surface area contributed by atoms with Crippen LogP contribution in [0.3, 0.4) is 0 Å². The zero-order valence-corrected chi connectivity index (χ0v) is 16.7. The molecule has 1 aromatic heterocycles. The highest BCUT2D eigenvalue weighted by molar-refractivity contribution is 6.04. The summed E-state index contributed by atoms with van der Waals surface area (Å²) in [5.74, 6) is -0.694. The monoisotopic (exact) mass is 413 g/mol. The van der Waals surface area contributed by atoms with Gasteiger partial charge in [-0.3, -0.25) is 24.5 Å². The van der Waals surface area contributed by atoms with E-state index in [0.717, 1.165) is 0 Å². The first kappa shape index (κ1) is 21.2. The highest BCUT2D eigenvalue weighted by Crippen LogP contribution is 2.26. The Labute approximate surface area is 173 Å². The van der Waals surface area contributed by atoms with Crippen molar-refractivity contribution < 1.29 is 23.7 Å². The zero-order valence-electron chi connectivity index (χ0n) is 16.7. The second kappa shape index (κ2) is 8.85. The van der Waals surface area contributed by atoms with E-state index in [1.54, 1.807) is 4.90 Å². The highest BCUT2D eigenvalue weighted by atomic mass is 16.5. The van der Waals surface area contributed by atoms with Crippen LogP contribution in [0.2, 0.25) is 0 Å². The molecule has 1 atom stereocenters. The maximum atomic E-state index is 13.1. The first-order valence-electron chi connectivity index (χ1n) is 9.54. The third kappa shape index (κ3) is 4.22. The Balaban J connectivity index is 1.80. The number of piperidine rings is 1. The minimum absolute atomic E-state index is 0.157. The van der Waals surface area contributed by atoms with Gasteiger partial charge in [0, 0.05) is 31.2 Å². The first-order chi connectivity index (χ1) is 14.3. The van der Waals surface area contributed by atoms with Crippen molar-refractivity contribution >= 4 is 29.6 Å². The molecule has 2 aliphatic rings. The fourth-order valence-corrected chi connectivity index (χ4v) is 3.52. The lowest BCUT2D eigenvalue weighted by Gasteiger charge is -2.34. The van der Waals surface area contributed by atoms with Gasteiger partial charge >= 0.3 is 0 Å². The average molecular weight is 413 g/mol. The maximum absolute atomic E-state index is 13.1. The number of likely N-dealkylation sites (N-methyl/N-ethyl adjacent to an activating group) is 1. The molecule has 0 aliphatic carbocycles. The van der Waals surface area contributed by atoms with Gasteiger partial charge in [-0.15, -0.1) is 0 Å². The summed E-state index contributed by atoms with van der Waals surface area (Å²) in [6, 6.07) is -0.755. The molecule has 0 radical (unpaired) electrons. The molecule has 30 heavy (non-hydrogen) atoms. The standard InChI is InChI=1S/C20H23N5O5/c1-4-12(2)18-22-17(30-23-18)10-25-9-5-6-13(15(25)11-26)20(29)24(3)14-7-8-16(27)21-19(14)28/h4,11,14H,1-2,5-10H2,3H3,(H,21,27,28). The predicted molar refractivity (Wildman–Crippen MR) is 105 cm³/mol. The van der Waals surface area contributed by atoms with Crippen LogP contribution < -0.4 is 5.32 Å². The molecule has 1 unspecified atom stereocenters. The van der Waals surface area contributed by atoms with Crippen LogP contribution in [0.1, 0.15) is 37.4 Å². The molecule has 1 N–H and O–H groups in total. The lowest BCUT2D eigenvalue weighted by atomic mass is 9.98. The minimum atomic E-state index is -0.755. The SMILES string of the molecule is C=CC(=C)c1noc(CN2CCCC(C(=O)N(C)C3CCC(=O)NC3=O)=C2C=O)n1. The van der Waals surface area contributed by atoms with Gasteiger partial charge in [-0.25, -0.2) is 0 Å². The third-order valence-electron chi connectivity index (χ3n) is 5.20. The van der Waals surface area contributed by atoms with E-state index in [9.17, 15) is 19.2 Å². The number of aromatic nitrogens is 2. The number of amides is 3. The summed E-state index contributed by atoms with van der Waals surface area (Å²) in [6.45, 7) is 8.06. The first-order valence-corrected chi connectivity index (χ1v) is 9.54. The van der Waals surface area contributed by atoms with E-state index >= 15 is 0 Å². The number of rotatable bonds is 7. The molecule has 0 aromatic carbocycles. The summed E-state index contributed by atoms with van der Waals surface area (Å²) in [6.07, 6.45) is 3.59. The fourth-order valence-electron chi connectivity index (χ4n) is 3.52. The molecule has 2 aliphatic heterocycles. The molecule has 158 valence electrons. The molecular formula is C20H23N5O5.